The highest BCUT2D eigenvalue weighted by atomic mass is 32.1. The highest BCUT2D eigenvalue weighted by Gasteiger charge is 2.36. The average Bonchev–Trinajstić information content (AvgIpc) is 3.17. The summed E-state index contributed by atoms with van der Waals surface area (Å²) in [5, 5.41) is 1.82. The summed E-state index contributed by atoms with van der Waals surface area (Å²) in [6.45, 7) is -0.754. The van der Waals surface area contributed by atoms with Crippen molar-refractivity contribution in [3.8, 4) is 18.1 Å². The fourth-order valence-corrected chi connectivity index (χ4v) is 4.09. The lowest BCUT2D eigenvalue weighted by molar-refractivity contribution is -0.148. The van der Waals surface area contributed by atoms with Gasteiger partial charge in [0.25, 0.3) is 5.91 Å². The van der Waals surface area contributed by atoms with E-state index in [-0.39, 0.29) is 24.5 Å². The molecule has 0 radical (unpaired) electrons. The third-order valence-corrected chi connectivity index (χ3v) is 5.50. The first-order valence-corrected chi connectivity index (χ1v) is 9.98. The van der Waals surface area contributed by atoms with Gasteiger partial charge in [-0.2, -0.15) is 13.2 Å². The molecule has 1 amide bonds. The third kappa shape index (κ3) is 5.09. The Balaban J connectivity index is 1.97. The van der Waals surface area contributed by atoms with E-state index in [1.807, 2.05) is 0 Å². The molecule has 160 valence electrons. The number of amides is 1. The Labute approximate surface area is 175 Å². The van der Waals surface area contributed by atoms with Crippen LogP contribution in [0.3, 0.4) is 0 Å². The van der Waals surface area contributed by atoms with E-state index in [9.17, 15) is 22.4 Å². The number of alkyl halides is 3. The van der Waals surface area contributed by atoms with E-state index in [4.69, 9.17) is 11.2 Å². The van der Waals surface area contributed by atoms with Gasteiger partial charge in [0.15, 0.2) is 16.6 Å². The molecule has 1 aromatic carbocycles. The number of thiazole rings is 1. The molecule has 1 aromatic heterocycles. The highest BCUT2D eigenvalue weighted by molar-refractivity contribution is 7.10. The smallest absolute Gasteiger partial charge is 0.401 e. The number of terminal acetylenes is 1. The quantitative estimate of drug-likeness (QED) is 0.521. The number of carbonyl (C=O) groups excluding carboxylic acids is 1. The number of methoxy groups -OCH3 is 1. The predicted molar refractivity (Wildman–Crippen MR) is 105 cm³/mol. The number of nitrogens with zero attached hydrogens (tertiary/aromatic N) is 3. The third-order valence-electron chi connectivity index (χ3n) is 4.73. The number of hydrogen-bond donors (Lipinski definition) is 0. The largest absolute Gasteiger partial charge is 0.494 e. The van der Waals surface area contributed by atoms with Crippen LogP contribution in [-0.4, -0.2) is 54.8 Å². The maximum Gasteiger partial charge on any atom is 0.401 e. The second kappa shape index (κ2) is 9.02. The van der Waals surface area contributed by atoms with Gasteiger partial charge in [-0.3, -0.25) is 9.69 Å². The van der Waals surface area contributed by atoms with E-state index in [2.05, 4.69) is 10.9 Å². The van der Waals surface area contributed by atoms with Crippen molar-refractivity contribution in [2.75, 3.05) is 31.6 Å². The Morgan fingerprint density at radius 3 is 2.87 bits per heavy atom. The van der Waals surface area contributed by atoms with Gasteiger partial charge in [0, 0.05) is 23.7 Å². The maximum atomic E-state index is 13.9. The molecular formula is C20H19F4N3O2S. The molecule has 0 unspecified atom stereocenters. The number of aromatic nitrogens is 1. The van der Waals surface area contributed by atoms with E-state index in [1.54, 1.807) is 0 Å². The molecule has 3 rings (SSSR count). The number of hydrogen-bond acceptors (Lipinski definition) is 5. The molecule has 0 spiro atoms. The number of carbonyl (C=O) groups is 1. The van der Waals surface area contributed by atoms with Crippen LogP contribution in [0.4, 0.5) is 23.2 Å². The van der Waals surface area contributed by atoms with Crippen molar-refractivity contribution in [3.05, 3.63) is 40.1 Å². The van der Waals surface area contributed by atoms with E-state index < -0.39 is 30.5 Å². The minimum absolute atomic E-state index is 0.0249. The van der Waals surface area contributed by atoms with Crippen molar-refractivity contribution in [1.82, 2.24) is 9.88 Å². The lowest BCUT2D eigenvalue weighted by Crippen LogP contribution is -2.52. The van der Waals surface area contributed by atoms with Gasteiger partial charge in [0.1, 0.15) is 5.69 Å². The van der Waals surface area contributed by atoms with Crippen LogP contribution in [0.25, 0.3) is 0 Å². The maximum absolute atomic E-state index is 13.9. The molecule has 0 saturated carbocycles. The molecule has 1 saturated heterocycles. The van der Waals surface area contributed by atoms with Crippen LogP contribution in [-0.2, 0) is 0 Å². The van der Waals surface area contributed by atoms with Crippen molar-refractivity contribution in [1.29, 1.82) is 0 Å². The molecular weight excluding hydrogens is 422 g/mol. The topological polar surface area (TPSA) is 45.7 Å². The van der Waals surface area contributed by atoms with Crippen LogP contribution >= 0.6 is 11.3 Å². The average molecular weight is 441 g/mol. The molecule has 5 nitrogen and oxygen atoms in total. The van der Waals surface area contributed by atoms with Gasteiger partial charge >= 0.3 is 6.18 Å². The fourth-order valence-electron chi connectivity index (χ4n) is 3.49. The summed E-state index contributed by atoms with van der Waals surface area (Å²) in [4.78, 5) is 20.0. The zero-order chi connectivity index (χ0) is 21.9. The molecule has 2 heterocycles. The van der Waals surface area contributed by atoms with Gasteiger partial charge in [0.05, 0.1) is 19.7 Å². The van der Waals surface area contributed by atoms with Gasteiger partial charge in [-0.25, -0.2) is 9.37 Å². The van der Waals surface area contributed by atoms with Gasteiger partial charge in [-0.1, -0.05) is 0 Å². The van der Waals surface area contributed by atoms with Crippen LogP contribution in [0.2, 0.25) is 0 Å². The van der Waals surface area contributed by atoms with E-state index in [1.165, 1.54) is 34.4 Å². The number of likely N-dealkylation sites (tertiary alicyclic amines) is 1. The Bertz CT molecular complexity index is 954. The summed E-state index contributed by atoms with van der Waals surface area (Å²) >= 11 is 1.12. The summed E-state index contributed by atoms with van der Waals surface area (Å²) in [5.41, 5.74) is 0.400. The number of benzene rings is 1. The summed E-state index contributed by atoms with van der Waals surface area (Å²) in [6, 6.07) is 3.34. The summed E-state index contributed by atoms with van der Waals surface area (Å²) in [6.07, 6.45) is 1.96. The Hall–Kier alpha value is -2.64. The van der Waals surface area contributed by atoms with Gasteiger partial charge < -0.3 is 9.64 Å². The van der Waals surface area contributed by atoms with Crippen molar-refractivity contribution in [2.45, 2.75) is 25.1 Å². The fraction of sp³-hybridized carbons (Fsp3) is 0.400. The number of halogens is 4. The normalized spacial score (nSPS) is 17.4. The van der Waals surface area contributed by atoms with Crippen LogP contribution in [0.5, 0.6) is 5.75 Å². The van der Waals surface area contributed by atoms with E-state index in [0.717, 1.165) is 17.4 Å². The summed E-state index contributed by atoms with van der Waals surface area (Å²) in [5.74, 6) is 1.15. The zero-order valence-electron chi connectivity index (χ0n) is 16.1. The molecule has 0 N–H and O–H groups in total. The van der Waals surface area contributed by atoms with Crippen molar-refractivity contribution >= 4 is 22.9 Å². The predicted octanol–water partition coefficient (Wildman–Crippen LogP) is 3.95. The first-order chi connectivity index (χ1) is 14.2. The van der Waals surface area contributed by atoms with Crippen molar-refractivity contribution in [2.24, 2.45) is 0 Å². The zero-order valence-corrected chi connectivity index (χ0v) is 16.9. The number of ether oxygens (including phenoxy) is 1. The lowest BCUT2D eigenvalue weighted by Gasteiger charge is -2.39. The minimum Gasteiger partial charge on any atom is -0.494 e. The van der Waals surface area contributed by atoms with Crippen molar-refractivity contribution < 1.29 is 27.1 Å². The summed E-state index contributed by atoms with van der Waals surface area (Å²) in [7, 11) is 1.29. The number of rotatable bonds is 5. The van der Waals surface area contributed by atoms with Crippen LogP contribution in [0, 0.1) is 18.2 Å². The molecule has 10 heteroatoms. The SMILES string of the molecule is C#Cc1nc(C(=O)N(c2ccc(F)c(OC)c2)[C@@H]2CCCN(CC(F)(F)F)C2)cs1. The molecule has 30 heavy (non-hydrogen) atoms. The first-order valence-electron chi connectivity index (χ1n) is 9.10. The van der Waals surface area contributed by atoms with Crippen molar-refractivity contribution in [3.63, 3.8) is 0 Å². The molecule has 1 aliphatic rings. The van der Waals surface area contributed by atoms with E-state index in [0.29, 0.717) is 23.5 Å². The second-order valence-corrected chi connectivity index (χ2v) is 7.68. The standard InChI is InChI=1S/C20H19F4N3O2S/c1-3-18-25-16(11-30-18)19(28)27(13-6-7-15(21)17(9-13)29-2)14-5-4-8-26(10-14)12-20(22,23)24/h1,6-7,9,11,14H,4-5,8,10,12H2,2H3/t14-/m1/s1. The summed E-state index contributed by atoms with van der Waals surface area (Å²) < 4.78 is 57.6. The van der Waals surface area contributed by atoms with Gasteiger partial charge in [0.2, 0.25) is 0 Å². The number of piperidine rings is 1. The Kier molecular flexibility index (Phi) is 6.63. The van der Waals surface area contributed by atoms with E-state index >= 15 is 0 Å². The first kappa shape index (κ1) is 22.1. The highest BCUT2D eigenvalue weighted by Crippen LogP contribution is 2.31. The molecule has 0 bridgehead atoms. The lowest BCUT2D eigenvalue weighted by atomic mass is 10.0. The van der Waals surface area contributed by atoms with Gasteiger partial charge in [-0.15, -0.1) is 17.8 Å². The van der Waals surface area contributed by atoms with Crippen LogP contribution < -0.4 is 9.64 Å². The molecule has 1 atom stereocenters. The molecule has 1 aliphatic heterocycles. The van der Waals surface area contributed by atoms with Gasteiger partial charge in [-0.05, 0) is 37.4 Å². The van der Waals surface area contributed by atoms with Crippen LogP contribution in [0.1, 0.15) is 28.3 Å². The molecule has 1 fully saturated rings. The Morgan fingerprint density at radius 1 is 1.47 bits per heavy atom. The number of anilines is 1. The Morgan fingerprint density at radius 2 is 2.23 bits per heavy atom. The second-order valence-electron chi connectivity index (χ2n) is 6.82. The minimum atomic E-state index is -4.34. The molecule has 0 aliphatic carbocycles. The monoisotopic (exact) mass is 441 g/mol. The molecule has 2 aromatic rings. The van der Waals surface area contributed by atoms with Crippen LogP contribution in [0.15, 0.2) is 23.6 Å².